The van der Waals surface area contributed by atoms with Crippen LogP contribution >= 0.6 is 0 Å². The molecule has 0 unspecified atom stereocenters. The van der Waals surface area contributed by atoms with Crippen LogP contribution < -0.4 is 0 Å². The van der Waals surface area contributed by atoms with Crippen molar-refractivity contribution in [1.29, 1.82) is 0 Å². The highest BCUT2D eigenvalue weighted by Crippen LogP contribution is 1.99. The summed E-state index contributed by atoms with van der Waals surface area (Å²) in [4.78, 5) is 30.0. The molecule has 0 rings (SSSR count). The Kier molecular flexibility index (Phi) is 10.4. The fourth-order valence-electron chi connectivity index (χ4n) is 0.402. The predicted molar refractivity (Wildman–Crippen MR) is 57.7 cm³/mol. The molecule has 0 bridgehead atoms. The Morgan fingerprint density at radius 3 is 1.43 bits per heavy atom. The molecule has 0 heterocycles. The number of Topliss-reactive ketones (excluding diaryl/α,β-unsaturated/α-hetero) is 3. The van der Waals surface area contributed by atoms with Gasteiger partial charge in [-0.2, -0.15) is 0 Å². The lowest BCUT2D eigenvalue weighted by molar-refractivity contribution is -0.134. The summed E-state index contributed by atoms with van der Waals surface area (Å²) in [5, 5.41) is 0.831. The summed E-state index contributed by atoms with van der Waals surface area (Å²) >= 11 is 0.384. The molecule has 0 aromatic carbocycles. The molecule has 79 valence electrons. The standard InChI is InChI=1S/C4H6O2.C3H5O.C3H7.Al/c1-3(5)4(2)6;1-3(2)4;1-3-2;/h1-2H3;1H2,2H3;3H,1-2H3;. The van der Waals surface area contributed by atoms with Gasteiger partial charge < -0.3 is 4.79 Å². The van der Waals surface area contributed by atoms with E-state index in [9.17, 15) is 14.4 Å². The summed E-state index contributed by atoms with van der Waals surface area (Å²) < 4.78 is 0.749. The van der Waals surface area contributed by atoms with Gasteiger partial charge in [0.05, 0.1) is 0 Å². The topological polar surface area (TPSA) is 51.2 Å². The van der Waals surface area contributed by atoms with E-state index in [1.807, 2.05) is 0 Å². The van der Waals surface area contributed by atoms with Gasteiger partial charge in [0.25, 0.3) is 0 Å². The molecule has 0 aromatic rings. The van der Waals surface area contributed by atoms with Gasteiger partial charge in [0, 0.05) is 13.8 Å². The number of hydrogen-bond acceptors (Lipinski definition) is 3. The predicted octanol–water partition coefficient (Wildman–Crippen LogP) is 1.69. The number of carbonyl (C=O) groups is 3. The van der Waals surface area contributed by atoms with Gasteiger partial charge in [-0.05, 0) is 12.2 Å². The minimum absolute atomic E-state index is 0.341. The van der Waals surface area contributed by atoms with E-state index < -0.39 is 0 Å². The largest absolute Gasteiger partial charge is 0.301 e. The lowest BCUT2D eigenvalue weighted by Gasteiger charge is -1.95. The van der Waals surface area contributed by atoms with Gasteiger partial charge in [0.1, 0.15) is 5.78 Å². The molecule has 0 saturated carbocycles. The van der Waals surface area contributed by atoms with Crippen LogP contribution in [0.2, 0.25) is 10.1 Å². The zero-order valence-electron chi connectivity index (χ0n) is 9.59. The van der Waals surface area contributed by atoms with Crippen molar-refractivity contribution >= 4 is 32.6 Å². The van der Waals surface area contributed by atoms with Crippen LogP contribution in [0.4, 0.5) is 0 Å². The van der Waals surface area contributed by atoms with Crippen LogP contribution in [0.25, 0.3) is 0 Å². The zero-order valence-corrected chi connectivity index (χ0v) is 10.7. The Hall–Kier alpha value is -0.458. The van der Waals surface area contributed by atoms with Crippen molar-refractivity contribution in [3.05, 3.63) is 0 Å². The lowest BCUT2D eigenvalue weighted by Crippen LogP contribution is -2.01. The summed E-state index contributed by atoms with van der Waals surface area (Å²) in [5.74, 6) is -0.418. The van der Waals surface area contributed by atoms with E-state index in [2.05, 4.69) is 13.8 Å². The van der Waals surface area contributed by atoms with Crippen molar-refractivity contribution < 1.29 is 14.4 Å². The summed E-state index contributed by atoms with van der Waals surface area (Å²) in [6.45, 7) is 8.50. The summed E-state index contributed by atoms with van der Waals surface area (Å²) in [5.41, 5.74) is 0. The molecular formula is C10H18AlO3. The lowest BCUT2D eigenvalue weighted by atomic mass is 10.3. The normalized spacial score (nSPS) is 8.71. The zero-order chi connectivity index (χ0) is 11.7. The van der Waals surface area contributed by atoms with Crippen LogP contribution in [0.3, 0.4) is 0 Å². The third kappa shape index (κ3) is 17.6. The summed E-state index contributed by atoms with van der Waals surface area (Å²) in [6, 6.07) is 0. The van der Waals surface area contributed by atoms with Crippen LogP contribution in [0.15, 0.2) is 0 Å². The molecule has 4 heteroatoms. The van der Waals surface area contributed by atoms with Crippen LogP contribution in [0.1, 0.15) is 34.6 Å². The van der Waals surface area contributed by atoms with E-state index in [1.165, 1.54) is 13.8 Å². The van der Waals surface area contributed by atoms with Crippen molar-refractivity contribution in [2.45, 2.75) is 44.7 Å². The third-order valence-corrected chi connectivity index (χ3v) is 3.13. The van der Waals surface area contributed by atoms with Gasteiger partial charge in [-0.3, -0.25) is 9.59 Å². The average molecular weight is 213 g/mol. The Morgan fingerprint density at radius 1 is 1.00 bits per heavy atom. The molecule has 0 N–H and O–H groups in total. The molecule has 0 aliphatic rings. The molecule has 0 spiro atoms. The van der Waals surface area contributed by atoms with E-state index in [0.717, 1.165) is 10.1 Å². The first-order valence-corrected chi connectivity index (χ1v) is 6.10. The first-order chi connectivity index (χ1) is 6.27. The molecule has 14 heavy (non-hydrogen) atoms. The van der Waals surface area contributed by atoms with Crippen LogP contribution in [-0.4, -0.2) is 32.6 Å². The van der Waals surface area contributed by atoms with E-state index in [1.54, 1.807) is 6.92 Å². The highest BCUT2D eigenvalue weighted by atomic mass is 27.1. The number of carbonyl (C=O) groups excluding carboxylic acids is 3. The molecule has 0 atom stereocenters. The molecule has 0 saturated heterocycles. The molecule has 0 aromatic heterocycles. The third-order valence-electron chi connectivity index (χ3n) is 1.37. The molecule has 0 aliphatic carbocycles. The molecule has 0 amide bonds. The smallest absolute Gasteiger partial charge is 0.216 e. The Bertz CT molecular complexity index is 197. The van der Waals surface area contributed by atoms with Crippen LogP contribution in [-0.2, 0) is 14.4 Å². The SMILES string of the molecule is CC(=O)C(C)=O.CC(=O)[CH2][Al][CH](C)C. The summed E-state index contributed by atoms with van der Waals surface area (Å²) in [6.07, 6.45) is 0. The van der Waals surface area contributed by atoms with Gasteiger partial charge in [-0.15, -0.1) is 0 Å². The second-order valence-corrected chi connectivity index (χ2v) is 5.71. The van der Waals surface area contributed by atoms with Crippen molar-refractivity contribution in [2.24, 2.45) is 0 Å². The molecule has 1 radical (unpaired) electrons. The average Bonchev–Trinajstić information content (AvgIpc) is 2.01. The maximum Gasteiger partial charge on any atom is 0.216 e. The van der Waals surface area contributed by atoms with Gasteiger partial charge in [0.15, 0.2) is 11.6 Å². The van der Waals surface area contributed by atoms with E-state index in [-0.39, 0.29) is 11.6 Å². The Morgan fingerprint density at radius 2 is 1.36 bits per heavy atom. The highest BCUT2D eigenvalue weighted by molar-refractivity contribution is 6.42. The molecule has 3 nitrogen and oxygen atoms in total. The number of hydrogen-bond donors (Lipinski definition) is 0. The fourth-order valence-corrected chi connectivity index (χ4v) is 1.20. The molecule has 0 aliphatic heterocycles. The van der Waals surface area contributed by atoms with Crippen LogP contribution in [0.5, 0.6) is 0 Å². The Labute approximate surface area is 92.0 Å². The first-order valence-electron chi connectivity index (χ1n) is 4.61. The van der Waals surface area contributed by atoms with Gasteiger partial charge in [-0.1, -0.05) is 18.6 Å². The van der Waals surface area contributed by atoms with Gasteiger partial charge >= 0.3 is 0 Å². The van der Waals surface area contributed by atoms with Gasteiger partial charge in [-0.25, -0.2) is 0 Å². The van der Waals surface area contributed by atoms with Crippen molar-refractivity contribution in [3.8, 4) is 0 Å². The number of rotatable bonds is 4. The van der Waals surface area contributed by atoms with Crippen LogP contribution in [0, 0.1) is 0 Å². The second kappa shape index (κ2) is 9.11. The van der Waals surface area contributed by atoms with E-state index in [4.69, 9.17) is 0 Å². The fraction of sp³-hybridized carbons (Fsp3) is 0.700. The maximum atomic E-state index is 10.4. The molecular weight excluding hydrogens is 195 g/mol. The summed E-state index contributed by atoms with van der Waals surface area (Å²) in [7, 11) is 0. The molecule has 0 fully saturated rings. The minimum atomic E-state index is -0.380. The first kappa shape index (κ1) is 16.0. The van der Waals surface area contributed by atoms with Gasteiger partial charge in [0.2, 0.25) is 15.2 Å². The maximum absolute atomic E-state index is 10.4. The quantitative estimate of drug-likeness (QED) is 0.527. The minimum Gasteiger partial charge on any atom is -0.301 e. The second-order valence-electron chi connectivity index (χ2n) is 3.50. The van der Waals surface area contributed by atoms with E-state index >= 15 is 0 Å². The monoisotopic (exact) mass is 213 g/mol. The van der Waals surface area contributed by atoms with E-state index in [0.29, 0.717) is 21.0 Å². The Balaban J connectivity index is 0. The number of ketones is 3. The highest BCUT2D eigenvalue weighted by Gasteiger charge is 1.99. The van der Waals surface area contributed by atoms with Crippen molar-refractivity contribution in [1.82, 2.24) is 0 Å². The van der Waals surface area contributed by atoms with Crippen molar-refractivity contribution in [3.63, 3.8) is 0 Å². The van der Waals surface area contributed by atoms with Crippen molar-refractivity contribution in [2.75, 3.05) is 0 Å².